The van der Waals surface area contributed by atoms with Gasteiger partial charge in [-0.3, -0.25) is 0 Å². The van der Waals surface area contributed by atoms with Crippen LogP contribution < -0.4 is 0 Å². The van der Waals surface area contributed by atoms with Crippen LogP contribution in [-0.2, 0) is 4.74 Å². The smallest absolute Gasteiger partial charge is 0.354 e. The van der Waals surface area contributed by atoms with Gasteiger partial charge in [-0.05, 0) is 24.6 Å². The van der Waals surface area contributed by atoms with Crippen LogP contribution in [0.25, 0.3) is 10.9 Å². The standard InChI is InChI=1S/C11H9BrFNO2/c1-5-3-7(12)6-4-8(11(15)16-2)14-10(6)9(5)13/h3-4,14H,1-2H3. The molecule has 84 valence electrons. The van der Waals surface area contributed by atoms with Crippen LogP contribution >= 0.6 is 15.9 Å². The molecule has 0 fully saturated rings. The van der Waals surface area contributed by atoms with E-state index in [2.05, 4.69) is 25.7 Å². The van der Waals surface area contributed by atoms with E-state index in [1.165, 1.54) is 7.11 Å². The molecule has 0 amide bonds. The zero-order valence-corrected chi connectivity index (χ0v) is 10.3. The highest BCUT2D eigenvalue weighted by Gasteiger charge is 2.15. The summed E-state index contributed by atoms with van der Waals surface area (Å²) in [5.41, 5.74) is 1.06. The fourth-order valence-corrected chi connectivity index (χ4v) is 2.22. The molecule has 0 saturated carbocycles. The number of aromatic amines is 1. The summed E-state index contributed by atoms with van der Waals surface area (Å²) < 4.78 is 19.1. The van der Waals surface area contributed by atoms with Gasteiger partial charge in [0.1, 0.15) is 11.5 Å². The Hall–Kier alpha value is -1.36. The molecular weight excluding hydrogens is 277 g/mol. The summed E-state index contributed by atoms with van der Waals surface area (Å²) in [7, 11) is 1.28. The minimum atomic E-state index is -0.514. The third-order valence-electron chi connectivity index (χ3n) is 2.39. The summed E-state index contributed by atoms with van der Waals surface area (Å²) in [6, 6.07) is 3.24. The highest BCUT2D eigenvalue weighted by atomic mass is 79.9. The number of H-pyrrole nitrogens is 1. The van der Waals surface area contributed by atoms with Gasteiger partial charge in [-0.1, -0.05) is 15.9 Å². The lowest BCUT2D eigenvalue weighted by Gasteiger charge is -1.99. The third-order valence-corrected chi connectivity index (χ3v) is 3.05. The number of methoxy groups -OCH3 is 1. The van der Waals surface area contributed by atoms with E-state index < -0.39 is 5.97 Å². The fourth-order valence-electron chi connectivity index (χ4n) is 1.56. The molecule has 1 N–H and O–H groups in total. The average molecular weight is 286 g/mol. The lowest BCUT2D eigenvalue weighted by Crippen LogP contribution is -2.00. The summed E-state index contributed by atoms with van der Waals surface area (Å²) >= 11 is 3.33. The van der Waals surface area contributed by atoms with Crippen LogP contribution in [0.3, 0.4) is 0 Å². The first-order valence-electron chi connectivity index (χ1n) is 4.60. The minimum Gasteiger partial charge on any atom is -0.464 e. The van der Waals surface area contributed by atoms with Crippen molar-refractivity contribution in [2.24, 2.45) is 0 Å². The van der Waals surface area contributed by atoms with E-state index in [-0.39, 0.29) is 11.5 Å². The van der Waals surface area contributed by atoms with E-state index in [1.807, 2.05) is 0 Å². The van der Waals surface area contributed by atoms with E-state index in [9.17, 15) is 9.18 Å². The van der Waals surface area contributed by atoms with Gasteiger partial charge in [-0.15, -0.1) is 0 Å². The molecular formula is C11H9BrFNO2. The number of hydrogen-bond acceptors (Lipinski definition) is 2. The first-order valence-corrected chi connectivity index (χ1v) is 5.39. The zero-order chi connectivity index (χ0) is 11.9. The van der Waals surface area contributed by atoms with E-state index >= 15 is 0 Å². The Bertz CT molecular complexity index is 577. The Morgan fingerprint density at radius 1 is 1.50 bits per heavy atom. The van der Waals surface area contributed by atoms with Crippen LogP contribution in [0, 0.1) is 12.7 Å². The second-order valence-electron chi connectivity index (χ2n) is 3.45. The molecule has 0 aliphatic carbocycles. The van der Waals surface area contributed by atoms with Crippen molar-refractivity contribution in [2.45, 2.75) is 6.92 Å². The number of rotatable bonds is 1. The van der Waals surface area contributed by atoms with Crippen LogP contribution in [0.1, 0.15) is 16.1 Å². The molecule has 3 nitrogen and oxygen atoms in total. The minimum absolute atomic E-state index is 0.239. The number of ether oxygens (including phenoxy) is 1. The molecule has 2 aromatic rings. The van der Waals surface area contributed by atoms with Crippen molar-refractivity contribution in [3.8, 4) is 0 Å². The molecule has 0 radical (unpaired) electrons. The van der Waals surface area contributed by atoms with Crippen LogP contribution in [0.5, 0.6) is 0 Å². The number of fused-ring (bicyclic) bond motifs is 1. The number of aryl methyl sites for hydroxylation is 1. The maximum absolute atomic E-state index is 13.8. The van der Waals surface area contributed by atoms with Crippen LogP contribution in [0.15, 0.2) is 16.6 Å². The van der Waals surface area contributed by atoms with Gasteiger partial charge < -0.3 is 9.72 Å². The number of aromatic nitrogens is 1. The van der Waals surface area contributed by atoms with Gasteiger partial charge in [0.15, 0.2) is 0 Å². The molecule has 0 aliphatic heterocycles. The number of nitrogens with one attached hydrogen (secondary N) is 1. The van der Waals surface area contributed by atoms with Crippen molar-refractivity contribution in [2.75, 3.05) is 7.11 Å². The third kappa shape index (κ3) is 1.61. The lowest BCUT2D eigenvalue weighted by atomic mass is 10.2. The Labute approximate surface area is 99.7 Å². The molecule has 0 bridgehead atoms. The quantitative estimate of drug-likeness (QED) is 0.818. The molecule has 5 heteroatoms. The average Bonchev–Trinajstić information content (AvgIpc) is 2.70. The molecule has 16 heavy (non-hydrogen) atoms. The normalized spacial score (nSPS) is 10.8. The van der Waals surface area contributed by atoms with Crippen LogP contribution in [0.4, 0.5) is 4.39 Å². The van der Waals surface area contributed by atoms with Gasteiger partial charge in [0.2, 0.25) is 0 Å². The first-order chi connectivity index (χ1) is 7.54. The monoisotopic (exact) mass is 285 g/mol. The SMILES string of the molecule is COC(=O)c1cc2c(Br)cc(C)c(F)c2[nH]1. The number of hydrogen-bond donors (Lipinski definition) is 1. The van der Waals surface area contributed by atoms with Crippen molar-refractivity contribution >= 4 is 32.8 Å². The summed E-state index contributed by atoms with van der Waals surface area (Å²) in [5, 5.41) is 0.628. The number of halogens is 2. The fraction of sp³-hybridized carbons (Fsp3) is 0.182. The predicted octanol–water partition coefficient (Wildman–Crippen LogP) is 3.16. The van der Waals surface area contributed by atoms with E-state index in [1.54, 1.807) is 19.1 Å². The van der Waals surface area contributed by atoms with Crippen LogP contribution in [-0.4, -0.2) is 18.1 Å². The number of carbonyl (C=O) groups is 1. The number of esters is 1. The van der Waals surface area contributed by atoms with Crippen molar-refractivity contribution < 1.29 is 13.9 Å². The topological polar surface area (TPSA) is 42.1 Å². The van der Waals surface area contributed by atoms with Gasteiger partial charge in [-0.2, -0.15) is 0 Å². The Morgan fingerprint density at radius 2 is 2.19 bits per heavy atom. The van der Waals surface area contributed by atoms with Gasteiger partial charge in [0.05, 0.1) is 12.6 Å². The number of carbonyl (C=O) groups excluding carboxylic acids is 1. The largest absolute Gasteiger partial charge is 0.464 e. The summed E-state index contributed by atoms with van der Waals surface area (Å²) in [4.78, 5) is 14.0. The molecule has 0 saturated heterocycles. The van der Waals surface area contributed by atoms with Crippen LogP contribution in [0.2, 0.25) is 0 Å². The molecule has 1 aromatic carbocycles. The van der Waals surface area contributed by atoms with Gasteiger partial charge in [0.25, 0.3) is 0 Å². The summed E-state index contributed by atoms with van der Waals surface area (Å²) in [6.07, 6.45) is 0. The second-order valence-corrected chi connectivity index (χ2v) is 4.31. The van der Waals surface area contributed by atoms with Gasteiger partial charge >= 0.3 is 5.97 Å². The number of benzene rings is 1. The van der Waals surface area contributed by atoms with E-state index in [0.717, 1.165) is 4.47 Å². The molecule has 0 spiro atoms. The summed E-state index contributed by atoms with van der Waals surface area (Å²) in [5.74, 6) is -0.867. The second kappa shape index (κ2) is 3.90. The molecule has 0 aliphatic rings. The molecule has 0 atom stereocenters. The maximum Gasteiger partial charge on any atom is 0.354 e. The van der Waals surface area contributed by atoms with Crippen molar-refractivity contribution in [1.29, 1.82) is 0 Å². The Balaban J connectivity index is 2.74. The molecule has 1 aromatic heterocycles. The Kier molecular flexibility index (Phi) is 2.71. The van der Waals surface area contributed by atoms with Crippen molar-refractivity contribution in [3.05, 3.63) is 33.7 Å². The van der Waals surface area contributed by atoms with Crippen molar-refractivity contribution in [1.82, 2.24) is 4.98 Å². The van der Waals surface area contributed by atoms with E-state index in [4.69, 9.17) is 0 Å². The Morgan fingerprint density at radius 3 is 2.81 bits per heavy atom. The summed E-state index contributed by atoms with van der Waals surface area (Å²) in [6.45, 7) is 1.66. The first kappa shape index (κ1) is 11.1. The predicted molar refractivity (Wildman–Crippen MR) is 62.0 cm³/mol. The molecule has 0 unspecified atom stereocenters. The van der Waals surface area contributed by atoms with Gasteiger partial charge in [0, 0.05) is 9.86 Å². The highest BCUT2D eigenvalue weighted by molar-refractivity contribution is 9.10. The van der Waals surface area contributed by atoms with Crippen molar-refractivity contribution in [3.63, 3.8) is 0 Å². The molecule has 1 heterocycles. The van der Waals surface area contributed by atoms with Gasteiger partial charge in [-0.25, -0.2) is 9.18 Å². The lowest BCUT2D eigenvalue weighted by molar-refractivity contribution is 0.0595. The highest BCUT2D eigenvalue weighted by Crippen LogP contribution is 2.29. The molecule has 2 rings (SSSR count). The maximum atomic E-state index is 13.8. The zero-order valence-electron chi connectivity index (χ0n) is 8.73. The van der Waals surface area contributed by atoms with E-state index in [0.29, 0.717) is 16.5 Å².